The first-order valence-electron chi connectivity index (χ1n) is 15.9. The number of amides is 3. The summed E-state index contributed by atoms with van der Waals surface area (Å²) in [5, 5.41) is 17.9. The molecule has 3 amide bonds. The first kappa shape index (κ1) is 45.5. The Labute approximate surface area is 278 Å². The Kier molecular flexibility index (Phi) is 25.6. The van der Waals surface area contributed by atoms with Crippen molar-refractivity contribution >= 4 is 33.4 Å². The number of aliphatic hydroxyl groups is 1. The highest BCUT2D eigenvalue weighted by Crippen LogP contribution is 2.44. The maximum absolute atomic E-state index is 12.6. The third-order valence-corrected chi connectivity index (χ3v) is 8.37. The van der Waals surface area contributed by atoms with Gasteiger partial charge in [-0.25, -0.2) is 9.13 Å². The van der Waals surface area contributed by atoms with E-state index < -0.39 is 33.7 Å². The lowest BCUT2D eigenvalue weighted by atomic mass is 10.0. The minimum Gasteiger partial charge on any atom is -0.396 e. The van der Waals surface area contributed by atoms with Gasteiger partial charge in [-0.1, -0.05) is 20.3 Å². The minimum atomic E-state index is -4.37. The minimum absolute atomic E-state index is 0.0176. The summed E-state index contributed by atoms with van der Waals surface area (Å²) >= 11 is 0. The fourth-order valence-electron chi connectivity index (χ4n) is 3.80. The van der Waals surface area contributed by atoms with Crippen molar-refractivity contribution < 1.29 is 66.0 Å². The molecule has 0 saturated heterocycles. The fraction of sp³-hybridized carbons (Fsp3) is 0.893. The molecule has 0 radical (unpaired) electrons. The smallest absolute Gasteiger partial charge is 0.396 e. The molecule has 278 valence electrons. The van der Waals surface area contributed by atoms with Crippen molar-refractivity contribution in [1.29, 1.82) is 0 Å². The predicted molar refractivity (Wildman–Crippen MR) is 172 cm³/mol. The number of phosphoric acid groups is 2. The van der Waals surface area contributed by atoms with E-state index in [-0.39, 0.29) is 76.5 Å². The van der Waals surface area contributed by atoms with Crippen LogP contribution in [-0.4, -0.2) is 111 Å². The maximum Gasteiger partial charge on any atom is 0.472 e. The zero-order valence-electron chi connectivity index (χ0n) is 28.3. The first-order valence-corrected chi connectivity index (χ1v) is 18.9. The van der Waals surface area contributed by atoms with Crippen LogP contribution in [-0.2, 0) is 51.1 Å². The standard InChI is InChI=1S/C28H57N3O14P2/c1-22(2)27(34)29-12-9-7-11-26(31-24(5)33)28(35)30-13-8-6-10-25(20-32)21-44-46(36,37)42-18-16-40-14-15-41-17-19-43-47(38,39)45-23(3)4/h22-23,25-26,32H,6-21H2,1-5H3,(H,29,34)(H,30,35)(H,31,33)(H,36,37)(H,38,39)/t25?,26-/m0/s1. The number of ether oxygens (including phenoxy) is 2. The SMILES string of the molecule is CC(=O)N[C@@H](CCCCNC(=O)C(C)C)C(=O)NCCCCC(CO)COP(=O)(O)OCCOCCOCCOP(=O)(O)OC(C)C. The largest absolute Gasteiger partial charge is 0.472 e. The van der Waals surface area contributed by atoms with Crippen molar-refractivity contribution in [3.05, 3.63) is 0 Å². The third-order valence-electron chi connectivity index (χ3n) is 6.19. The molecule has 0 bridgehead atoms. The van der Waals surface area contributed by atoms with E-state index in [1.54, 1.807) is 13.8 Å². The molecule has 0 aliphatic heterocycles. The zero-order chi connectivity index (χ0) is 35.7. The van der Waals surface area contributed by atoms with E-state index in [0.29, 0.717) is 51.6 Å². The van der Waals surface area contributed by atoms with Gasteiger partial charge in [-0.15, -0.1) is 0 Å². The van der Waals surface area contributed by atoms with Gasteiger partial charge in [-0.2, -0.15) is 0 Å². The normalized spacial score (nSPS) is 15.5. The van der Waals surface area contributed by atoms with Gasteiger partial charge in [0.2, 0.25) is 17.7 Å². The lowest BCUT2D eigenvalue weighted by Gasteiger charge is -2.19. The summed E-state index contributed by atoms with van der Waals surface area (Å²) in [5.74, 6) is -1.18. The van der Waals surface area contributed by atoms with Gasteiger partial charge in [0.25, 0.3) is 0 Å². The fourth-order valence-corrected chi connectivity index (χ4v) is 5.48. The van der Waals surface area contributed by atoms with E-state index in [4.69, 9.17) is 27.6 Å². The van der Waals surface area contributed by atoms with E-state index in [2.05, 4.69) is 16.0 Å². The molecule has 0 spiro atoms. The van der Waals surface area contributed by atoms with Gasteiger partial charge in [0.15, 0.2) is 0 Å². The van der Waals surface area contributed by atoms with Crippen LogP contribution in [0.15, 0.2) is 0 Å². The quantitative estimate of drug-likeness (QED) is 0.0460. The summed E-state index contributed by atoms with van der Waals surface area (Å²) in [7, 11) is -8.49. The number of carbonyl (C=O) groups excluding carboxylic acids is 3. The number of rotatable bonds is 30. The molecule has 0 aromatic carbocycles. The summed E-state index contributed by atoms with van der Waals surface area (Å²) in [6, 6.07) is -0.685. The Hall–Kier alpha value is -1.49. The van der Waals surface area contributed by atoms with E-state index in [1.807, 2.05) is 13.8 Å². The molecule has 0 aromatic rings. The molecule has 3 unspecified atom stereocenters. The van der Waals surface area contributed by atoms with Crippen molar-refractivity contribution in [1.82, 2.24) is 16.0 Å². The predicted octanol–water partition coefficient (Wildman–Crippen LogP) is 2.04. The van der Waals surface area contributed by atoms with Crippen LogP contribution in [0.4, 0.5) is 0 Å². The monoisotopic (exact) mass is 721 g/mol. The Morgan fingerprint density at radius 3 is 1.72 bits per heavy atom. The van der Waals surface area contributed by atoms with Crippen molar-refractivity contribution in [2.45, 2.75) is 85.3 Å². The summed E-state index contributed by atoms with van der Waals surface area (Å²) in [6.45, 7) is 8.45. The molecule has 0 aromatic heterocycles. The highest BCUT2D eigenvalue weighted by Gasteiger charge is 2.24. The van der Waals surface area contributed by atoms with Gasteiger partial charge in [0.1, 0.15) is 6.04 Å². The maximum atomic E-state index is 12.6. The first-order chi connectivity index (χ1) is 22.1. The van der Waals surface area contributed by atoms with Crippen LogP contribution >= 0.6 is 15.6 Å². The van der Waals surface area contributed by atoms with Gasteiger partial charge >= 0.3 is 15.6 Å². The van der Waals surface area contributed by atoms with Crippen molar-refractivity contribution in [2.24, 2.45) is 11.8 Å². The molecule has 0 saturated carbocycles. The van der Waals surface area contributed by atoms with Crippen LogP contribution in [0, 0.1) is 11.8 Å². The molecule has 17 nitrogen and oxygen atoms in total. The molecule has 0 aliphatic rings. The molecule has 19 heteroatoms. The number of hydrogen-bond donors (Lipinski definition) is 6. The highest BCUT2D eigenvalue weighted by molar-refractivity contribution is 7.47. The molecular weight excluding hydrogens is 664 g/mol. The van der Waals surface area contributed by atoms with Gasteiger partial charge in [0, 0.05) is 38.5 Å². The number of nitrogens with one attached hydrogen (secondary N) is 3. The highest BCUT2D eigenvalue weighted by atomic mass is 31.2. The van der Waals surface area contributed by atoms with Crippen LogP contribution in [0.3, 0.4) is 0 Å². The molecule has 4 atom stereocenters. The third kappa shape index (κ3) is 27.1. The second-order valence-electron chi connectivity index (χ2n) is 11.3. The van der Waals surface area contributed by atoms with Gasteiger partial charge in [0.05, 0.1) is 52.4 Å². The average Bonchev–Trinajstić information content (AvgIpc) is 2.97. The molecule has 6 N–H and O–H groups in total. The van der Waals surface area contributed by atoms with Crippen molar-refractivity contribution in [3.63, 3.8) is 0 Å². The lowest BCUT2D eigenvalue weighted by Crippen LogP contribution is -2.46. The Morgan fingerprint density at radius 1 is 0.702 bits per heavy atom. The zero-order valence-corrected chi connectivity index (χ0v) is 30.1. The number of unbranched alkanes of at least 4 members (excludes halogenated alkanes) is 2. The number of hydrogen-bond acceptors (Lipinski definition) is 12. The second kappa shape index (κ2) is 26.4. The molecule has 47 heavy (non-hydrogen) atoms. The Morgan fingerprint density at radius 2 is 1.21 bits per heavy atom. The number of carbonyl (C=O) groups is 3. The van der Waals surface area contributed by atoms with Crippen molar-refractivity contribution in [2.75, 3.05) is 65.9 Å². The molecule has 0 aliphatic carbocycles. The molecule has 0 rings (SSSR count). The van der Waals surface area contributed by atoms with E-state index >= 15 is 0 Å². The van der Waals surface area contributed by atoms with Gasteiger partial charge in [-0.05, 0) is 46.0 Å². The van der Waals surface area contributed by atoms with Crippen LogP contribution in [0.5, 0.6) is 0 Å². The van der Waals surface area contributed by atoms with Crippen LogP contribution in [0.1, 0.15) is 73.1 Å². The Bertz CT molecular complexity index is 973. The van der Waals surface area contributed by atoms with Gasteiger partial charge < -0.3 is 40.3 Å². The summed E-state index contributed by atoms with van der Waals surface area (Å²) in [4.78, 5) is 55.1. The molecule has 0 heterocycles. The lowest BCUT2D eigenvalue weighted by molar-refractivity contribution is -0.128. The summed E-state index contributed by atoms with van der Waals surface area (Å²) in [6.07, 6.45) is 2.92. The average molecular weight is 722 g/mol. The van der Waals surface area contributed by atoms with E-state index in [1.165, 1.54) is 6.92 Å². The molecule has 0 fully saturated rings. The van der Waals surface area contributed by atoms with Crippen molar-refractivity contribution in [3.8, 4) is 0 Å². The van der Waals surface area contributed by atoms with Gasteiger partial charge in [-0.3, -0.25) is 32.5 Å². The topological polar surface area (TPSA) is 238 Å². The molecular formula is C28H57N3O14P2. The Balaban J connectivity index is 4.10. The summed E-state index contributed by atoms with van der Waals surface area (Å²) in [5.41, 5.74) is 0. The second-order valence-corrected chi connectivity index (χ2v) is 14.2. The van der Waals surface area contributed by atoms with Crippen LogP contribution < -0.4 is 16.0 Å². The number of aliphatic hydroxyl groups excluding tert-OH is 1. The van der Waals surface area contributed by atoms with E-state index in [0.717, 1.165) is 0 Å². The van der Waals surface area contributed by atoms with Crippen LogP contribution in [0.2, 0.25) is 0 Å². The number of phosphoric ester groups is 2. The van der Waals surface area contributed by atoms with E-state index in [9.17, 15) is 38.4 Å². The van der Waals surface area contributed by atoms with Crippen LogP contribution in [0.25, 0.3) is 0 Å². The summed E-state index contributed by atoms with van der Waals surface area (Å²) < 4.78 is 53.4.